The first-order chi connectivity index (χ1) is 9.74. The number of methoxy groups -OCH3 is 2. The van der Waals surface area contributed by atoms with Crippen molar-refractivity contribution in [3.63, 3.8) is 0 Å². The van der Waals surface area contributed by atoms with Gasteiger partial charge in [-0.15, -0.1) is 11.3 Å². The van der Waals surface area contributed by atoms with Gasteiger partial charge in [0.15, 0.2) is 0 Å². The number of ether oxygens (including phenoxy) is 2. The second-order valence-corrected chi connectivity index (χ2v) is 6.10. The van der Waals surface area contributed by atoms with Crippen LogP contribution in [0.5, 0.6) is 11.5 Å². The lowest BCUT2D eigenvalue weighted by molar-refractivity contribution is 0.212. The van der Waals surface area contributed by atoms with E-state index in [1.165, 1.54) is 16.9 Å². The monoisotopic (exact) mass is 290 g/mol. The number of rotatable bonds is 4. The van der Waals surface area contributed by atoms with Gasteiger partial charge in [-0.2, -0.15) is 0 Å². The van der Waals surface area contributed by atoms with Crippen LogP contribution in [0, 0.1) is 0 Å². The van der Waals surface area contributed by atoms with E-state index >= 15 is 0 Å². The maximum Gasteiger partial charge on any atom is 0.128 e. The highest BCUT2D eigenvalue weighted by Crippen LogP contribution is 2.41. The average Bonchev–Trinajstić information content (AvgIpc) is 3.06. The van der Waals surface area contributed by atoms with Crippen molar-refractivity contribution in [3.8, 4) is 11.5 Å². The summed E-state index contributed by atoms with van der Waals surface area (Å²) in [5, 5.41) is 10.7. The Bertz CT molecular complexity index is 574. The molecule has 1 N–H and O–H groups in total. The largest absolute Gasteiger partial charge is 0.496 e. The Morgan fingerprint density at radius 3 is 2.45 bits per heavy atom. The fourth-order valence-corrected chi connectivity index (χ4v) is 4.03. The number of aliphatic hydroxyl groups excluding tert-OH is 1. The molecule has 1 unspecified atom stereocenters. The summed E-state index contributed by atoms with van der Waals surface area (Å²) in [4.78, 5) is 2.38. The number of benzene rings is 1. The highest BCUT2D eigenvalue weighted by molar-refractivity contribution is 7.12. The van der Waals surface area contributed by atoms with Crippen molar-refractivity contribution in [2.75, 3.05) is 14.2 Å². The van der Waals surface area contributed by atoms with Crippen LogP contribution in [0.1, 0.15) is 33.4 Å². The minimum atomic E-state index is -0.698. The summed E-state index contributed by atoms with van der Waals surface area (Å²) in [5.41, 5.74) is 2.09. The van der Waals surface area contributed by atoms with Gasteiger partial charge in [0.25, 0.3) is 0 Å². The number of hydrogen-bond donors (Lipinski definition) is 1. The number of hydrogen-bond acceptors (Lipinski definition) is 4. The molecule has 20 heavy (non-hydrogen) atoms. The van der Waals surface area contributed by atoms with E-state index < -0.39 is 6.10 Å². The molecule has 0 saturated carbocycles. The first-order valence-electron chi connectivity index (χ1n) is 6.75. The van der Waals surface area contributed by atoms with E-state index in [4.69, 9.17) is 9.47 Å². The van der Waals surface area contributed by atoms with Gasteiger partial charge in [-0.25, -0.2) is 0 Å². The molecule has 0 saturated heterocycles. The van der Waals surface area contributed by atoms with Crippen LogP contribution < -0.4 is 9.47 Å². The standard InChI is InChI=1S/C16H18O3S/c1-18-11-6-4-7-12(19-2)15(11)16(17)14-9-10-5-3-8-13(10)20-14/h4,6-7,9,16-17H,3,5,8H2,1-2H3. The summed E-state index contributed by atoms with van der Waals surface area (Å²) in [5.74, 6) is 1.32. The van der Waals surface area contributed by atoms with E-state index in [0.29, 0.717) is 17.1 Å². The summed E-state index contributed by atoms with van der Waals surface area (Å²) in [6.07, 6.45) is 2.80. The maximum atomic E-state index is 10.7. The Morgan fingerprint density at radius 1 is 1.15 bits per heavy atom. The van der Waals surface area contributed by atoms with Crippen molar-refractivity contribution in [2.24, 2.45) is 0 Å². The zero-order chi connectivity index (χ0) is 14.1. The number of thiophene rings is 1. The first-order valence-corrected chi connectivity index (χ1v) is 7.56. The van der Waals surface area contributed by atoms with E-state index in [1.54, 1.807) is 25.6 Å². The molecule has 0 spiro atoms. The van der Waals surface area contributed by atoms with Crippen molar-refractivity contribution in [1.82, 2.24) is 0 Å². The Hall–Kier alpha value is -1.52. The predicted octanol–water partition coefficient (Wildman–Crippen LogP) is 3.34. The van der Waals surface area contributed by atoms with Gasteiger partial charge in [0, 0.05) is 9.75 Å². The van der Waals surface area contributed by atoms with Gasteiger partial charge >= 0.3 is 0 Å². The van der Waals surface area contributed by atoms with Crippen molar-refractivity contribution in [3.05, 3.63) is 45.1 Å². The van der Waals surface area contributed by atoms with Gasteiger partial charge < -0.3 is 14.6 Å². The smallest absolute Gasteiger partial charge is 0.128 e. The van der Waals surface area contributed by atoms with E-state index in [9.17, 15) is 5.11 Å². The van der Waals surface area contributed by atoms with Crippen LogP contribution in [-0.4, -0.2) is 19.3 Å². The Labute approximate surface area is 122 Å². The Balaban J connectivity index is 2.02. The fraction of sp³-hybridized carbons (Fsp3) is 0.375. The van der Waals surface area contributed by atoms with Crippen molar-refractivity contribution in [1.29, 1.82) is 0 Å². The molecule has 1 aromatic heterocycles. The van der Waals surface area contributed by atoms with Crippen molar-refractivity contribution >= 4 is 11.3 Å². The summed E-state index contributed by atoms with van der Waals surface area (Å²) in [6.45, 7) is 0. The van der Waals surface area contributed by atoms with Gasteiger partial charge in [-0.05, 0) is 43.0 Å². The lowest BCUT2D eigenvalue weighted by Crippen LogP contribution is -2.03. The quantitative estimate of drug-likeness (QED) is 0.938. The SMILES string of the molecule is COc1cccc(OC)c1C(O)c1cc2c(s1)CCC2. The second kappa shape index (κ2) is 5.46. The maximum absolute atomic E-state index is 10.7. The van der Waals surface area contributed by atoms with Crippen LogP contribution in [0.2, 0.25) is 0 Å². The summed E-state index contributed by atoms with van der Waals surface area (Å²) in [6, 6.07) is 7.69. The summed E-state index contributed by atoms with van der Waals surface area (Å²) < 4.78 is 10.7. The Morgan fingerprint density at radius 2 is 1.85 bits per heavy atom. The van der Waals surface area contributed by atoms with Gasteiger partial charge in [-0.1, -0.05) is 6.07 Å². The van der Waals surface area contributed by atoms with E-state index in [1.807, 2.05) is 18.2 Å². The van der Waals surface area contributed by atoms with Gasteiger partial charge in [0.05, 0.1) is 19.8 Å². The third-order valence-corrected chi connectivity index (χ3v) is 5.06. The van der Waals surface area contributed by atoms with Crippen LogP contribution >= 0.6 is 11.3 Å². The first kappa shape index (κ1) is 13.5. The average molecular weight is 290 g/mol. The van der Waals surface area contributed by atoms with Crippen molar-refractivity contribution < 1.29 is 14.6 Å². The van der Waals surface area contributed by atoms with Crippen LogP contribution in [0.15, 0.2) is 24.3 Å². The molecule has 0 aliphatic heterocycles. The third kappa shape index (κ3) is 2.19. The van der Waals surface area contributed by atoms with Gasteiger partial charge in [0.1, 0.15) is 17.6 Å². The number of aliphatic hydroxyl groups is 1. The molecular formula is C16H18O3S. The number of fused-ring (bicyclic) bond motifs is 1. The third-order valence-electron chi connectivity index (χ3n) is 3.77. The molecule has 4 heteroatoms. The molecule has 1 aliphatic rings. The highest BCUT2D eigenvalue weighted by Gasteiger charge is 2.24. The zero-order valence-electron chi connectivity index (χ0n) is 11.7. The molecule has 1 atom stereocenters. The molecule has 1 aliphatic carbocycles. The van der Waals surface area contributed by atoms with Crippen molar-refractivity contribution in [2.45, 2.75) is 25.4 Å². The molecule has 106 valence electrons. The van der Waals surface area contributed by atoms with E-state index in [0.717, 1.165) is 17.7 Å². The normalized spacial score (nSPS) is 14.9. The van der Waals surface area contributed by atoms with Crippen LogP contribution in [0.3, 0.4) is 0 Å². The zero-order valence-corrected chi connectivity index (χ0v) is 12.5. The lowest BCUT2D eigenvalue weighted by Gasteiger charge is -2.17. The summed E-state index contributed by atoms with van der Waals surface area (Å²) in [7, 11) is 3.22. The van der Waals surface area contributed by atoms with Crippen LogP contribution in [-0.2, 0) is 12.8 Å². The summed E-state index contributed by atoms with van der Waals surface area (Å²) >= 11 is 1.70. The molecule has 3 rings (SSSR count). The molecule has 1 aromatic carbocycles. The molecular weight excluding hydrogens is 272 g/mol. The van der Waals surface area contributed by atoms with Gasteiger partial charge in [0.2, 0.25) is 0 Å². The lowest BCUT2D eigenvalue weighted by atomic mass is 10.0. The molecule has 0 bridgehead atoms. The predicted molar refractivity (Wildman–Crippen MR) is 80.0 cm³/mol. The molecule has 1 heterocycles. The van der Waals surface area contributed by atoms with E-state index in [-0.39, 0.29) is 0 Å². The minimum Gasteiger partial charge on any atom is -0.496 e. The molecule has 3 nitrogen and oxygen atoms in total. The number of aryl methyl sites for hydroxylation is 2. The fourth-order valence-electron chi connectivity index (χ4n) is 2.78. The van der Waals surface area contributed by atoms with E-state index in [2.05, 4.69) is 6.07 Å². The highest BCUT2D eigenvalue weighted by atomic mass is 32.1. The molecule has 0 fully saturated rings. The van der Waals surface area contributed by atoms with Crippen LogP contribution in [0.25, 0.3) is 0 Å². The van der Waals surface area contributed by atoms with Crippen LogP contribution in [0.4, 0.5) is 0 Å². The molecule has 0 amide bonds. The van der Waals surface area contributed by atoms with Gasteiger partial charge in [-0.3, -0.25) is 0 Å². The second-order valence-electron chi connectivity index (χ2n) is 4.93. The Kier molecular flexibility index (Phi) is 3.68. The topological polar surface area (TPSA) is 38.7 Å². The molecule has 2 aromatic rings. The molecule has 0 radical (unpaired) electrons. The minimum absolute atomic E-state index is 0.658.